The van der Waals surface area contributed by atoms with Crippen molar-refractivity contribution in [3.63, 3.8) is 0 Å². The summed E-state index contributed by atoms with van der Waals surface area (Å²) in [5.41, 5.74) is 1.78. The number of anilines is 1. The summed E-state index contributed by atoms with van der Waals surface area (Å²) in [5, 5.41) is 12.2. The number of amides is 1. The number of benzene rings is 2. The van der Waals surface area contributed by atoms with Crippen LogP contribution in [0.2, 0.25) is 5.02 Å². The molecule has 1 saturated heterocycles. The van der Waals surface area contributed by atoms with Crippen molar-refractivity contribution in [3.8, 4) is 23.1 Å². The Morgan fingerprint density at radius 1 is 1.24 bits per heavy atom. The fourth-order valence-corrected chi connectivity index (χ4v) is 4.15. The molecule has 1 N–H and O–H groups in total. The molecule has 1 amide bonds. The molecule has 0 saturated carbocycles. The Morgan fingerprint density at radius 2 is 2.03 bits per heavy atom. The molecule has 5 nitrogen and oxygen atoms in total. The Hall–Kier alpha value is -2.92. The third kappa shape index (κ3) is 3.70. The first kappa shape index (κ1) is 19.4. The Kier molecular flexibility index (Phi) is 4.58. The SMILES string of the molecule is N#CN1CCC2(Cc3ccc(-c4cc(OC(F)(F)F)ccc4Cl)cc3NC2=O)C1. The van der Waals surface area contributed by atoms with Gasteiger partial charge in [0.15, 0.2) is 6.19 Å². The van der Waals surface area contributed by atoms with Crippen LogP contribution in [0.5, 0.6) is 5.75 Å². The highest BCUT2D eigenvalue weighted by atomic mass is 35.5. The van der Waals surface area contributed by atoms with Crippen LogP contribution in [-0.2, 0) is 11.2 Å². The summed E-state index contributed by atoms with van der Waals surface area (Å²) < 4.78 is 41.5. The number of fused-ring (bicyclic) bond motifs is 1. The van der Waals surface area contributed by atoms with Crippen molar-refractivity contribution in [1.82, 2.24) is 4.90 Å². The molecule has 0 aromatic heterocycles. The minimum Gasteiger partial charge on any atom is -0.406 e. The number of alkyl halides is 3. The first-order chi connectivity index (χ1) is 13.7. The molecule has 1 fully saturated rings. The highest BCUT2D eigenvalue weighted by Gasteiger charge is 2.47. The van der Waals surface area contributed by atoms with Gasteiger partial charge in [-0.25, -0.2) is 0 Å². The fourth-order valence-electron chi connectivity index (χ4n) is 3.92. The van der Waals surface area contributed by atoms with E-state index < -0.39 is 11.8 Å². The van der Waals surface area contributed by atoms with Crippen LogP contribution in [0.15, 0.2) is 36.4 Å². The molecule has 2 aromatic carbocycles. The predicted octanol–water partition coefficient (Wildman–Crippen LogP) is 4.57. The van der Waals surface area contributed by atoms with Gasteiger partial charge in [-0.1, -0.05) is 23.7 Å². The van der Waals surface area contributed by atoms with E-state index in [1.54, 1.807) is 17.0 Å². The summed E-state index contributed by atoms with van der Waals surface area (Å²) in [6.07, 6.45) is -1.63. The average Bonchev–Trinajstić information content (AvgIpc) is 3.07. The van der Waals surface area contributed by atoms with E-state index >= 15 is 0 Å². The molecule has 0 aliphatic carbocycles. The van der Waals surface area contributed by atoms with E-state index in [-0.39, 0.29) is 16.7 Å². The minimum absolute atomic E-state index is 0.153. The molecule has 0 bridgehead atoms. The zero-order valence-electron chi connectivity index (χ0n) is 15.0. The molecular weight excluding hydrogens is 407 g/mol. The van der Waals surface area contributed by atoms with Gasteiger partial charge in [-0.15, -0.1) is 13.2 Å². The topological polar surface area (TPSA) is 65.4 Å². The van der Waals surface area contributed by atoms with Gasteiger partial charge in [0.2, 0.25) is 5.91 Å². The third-order valence-corrected chi connectivity index (χ3v) is 5.68. The van der Waals surface area contributed by atoms with Crippen LogP contribution < -0.4 is 10.1 Å². The summed E-state index contributed by atoms with van der Waals surface area (Å²) in [5.74, 6) is -0.527. The Balaban J connectivity index is 1.65. The van der Waals surface area contributed by atoms with E-state index in [9.17, 15) is 18.0 Å². The molecule has 29 heavy (non-hydrogen) atoms. The number of carbonyl (C=O) groups excluding carboxylic acids is 1. The summed E-state index contributed by atoms with van der Waals surface area (Å²) in [6, 6.07) is 8.96. The first-order valence-electron chi connectivity index (χ1n) is 8.84. The molecule has 2 aliphatic heterocycles. The number of hydrogen-bond acceptors (Lipinski definition) is 4. The van der Waals surface area contributed by atoms with Crippen molar-refractivity contribution in [2.45, 2.75) is 19.2 Å². The van der Waals surface area contributed by atoms with Gasteiger partial charge in [-0.2, -0.15) is 5.26 Å². The quantitative estimate of drug-likeness (QED) is 0.721. The number of likely N-dealkylation sites (tertiary alicyclic amines) is 1. The van der Waals surface area contributed by atoms with Gasteiger partial charge in [0.25, 0.3) is 0 Å². The molecule has 2 heterocycles. The summed E-state index contributed by atoms with van der Waals surface area (Å²) in [4.78, 5) is 14.3. The zero-order valence-corrected chi connectivity index (χ0v) is 15.8. The minimum atomic E-state index is -4.80. The van der Waals surface area contributed by atoms with Crippen LogP contribution in [0.25, 0.3) is 11.1 Å². The third-order valence-electron chi connectivity index (χ3n) is 5.35. The smallest absolute Gasteiger partial charge is 0.406 e. The van der Waals surface area contributed by atoms with E-state index in [2.05, 4.69) is 16.2 Å². The van der Waals surface area contributed by atoms with E-state index in [0.29, 0.717) is 42.7 Å². The number of halogens is 4. The van der Waals surface area contributed by atoms with E-state index in [0.717, 1.165) is 11.6 Å². The fraction of sp³-hybridized carbons (Fsp3) is 0.300. The predicted molar refractivity (Wildman–Crippen MR) is 100 cm³/mol. The largest absolute Gasteiger partial charge is 0.573 e. The molecule has 150 valence electrons. The van der Waals surface area contributed by atoms with Crippen molar-refractivity contribution in [3.05, 3.63) is 47.0 Å². The molecule has 2 aromatic rings. The average molecular weight is 422 g/mol. The highest BCUT2D eigenvalue weighted by molar-refractivity contribution is 6.33. The maximum atomic E-state index is 12.7. The van der Waals surface area contributed by atoms with Gasteiger partial charge >= 0.3 is 6.36 Å². The number of nitrogens with one attached hydrogen (secondary N) is 1. The molecular formula is C20H15ClF3N3O2. The molecule has 4 rings (SSSR count). The van der Waals surface area contributed by atoms with Gasteiger partial charge in [0.05, 0.1) is 5.41 Å². The summed E-state index contributed by atoms with van der Waals surface area (Å²) >= 11 is 6.18. The Labute approximate surface area is 169 Å². The second kappa shape index (κ2) is 6.85. The lowest BCUT2D eigenvalue weighted by molar-refractivity contribution is -0.274. The lowest BCUT2D eigenvalue weighted by Crippen LogP contribution is -2.43. The molecule has 0 radical (unpaired) electrons. The van der Waals surface area contributed by atoms with Crippen LogP contribution >= 0.6 is 11.6 Å². The molecule has 1 spiro atoms. The van der Waals surface area contributed by atoms with Crippen LogP contribution in [0, 0.1) is 16.9 Å². The Bertz CT molecular complexity index is 1030. The van der Waals surface area contributed by atoms with E-state index in [4.69, 9.17) is 16.9 Å². The monoisotopic (exact) mass is 421 g/mol. The number of carbonyl (C=O) groups is 1. The van der Waals surface area contributed by atoms with Crippen LogP contribution in [-0.4, -0.2) is 30.3 Å². The highest BCUT2D eigenvalue weighted by Crippen LogP contribution is 2.42. The van der Waals surface area contributed by atoms with Crippen molar-refractivity contribution in [2.24, 2.45) is 5.41 Å². The Morgan fingerprint density at radius 3 is 2.72 bits per heavy atom. The van der Waals surface area contributed by atoms with Gasteiger partial charge in [0, 0.05) is 29.4 Å². The van der Waals surface area contributed by atoms with Crippen molar-refractivity contribution < 1.29 is 22.7 Å². The summed E-state index contributed by atoms with van der Waals surface area (Å²) in [6.45, 7) is 0.915. The van der Waals surface area contributed by atoms with Gasteiger partial charge in [-0.05, 0) is 48.2 Å². The van der Waals surface area contributed by atoms with Crippen molar-refractivity contribution in [1.29, 1.82) is 5.26 Å². The number of ether oxygens (including phenoxy) is 1. The van der Waals surface area contributed by atoms with Gasteiger partial charge in [0.1, 0.15) is 5.75 Å². The second-order valence-corrected chi connectivity index (χ2v) is 7.65. The lowest BCUT2D eigenvalue weighted by atomic mass is 9.76. The van der Waals surface area contributed by atoms with E-state index in [1.807, 2.05) is 6.07 Å². The first-order valence-corrected chi connectivity index (χ1v) is 9.22. The van der Waals surface area contributed by atoms with Crippen molar-refractivity contribution >= 4 is 23.2 Å². The number of rotatable bonds is 2. The maximum Gasteiger partial charge on any atom is 0.573 e. The normalized spacial score (nSPS) is 20.9. The lowest BCUT2D eigenvalue weighted by Gasteiger charge is -2.33. The zero-order chi connectivity index (χ0) is 20.8. The number of nitriles is 1. The van der Waals surface area contributed by atoms with Gasteiger partial charge < -0.3 is 15.0 Å². The molecule has 9 heteroatoms. The summed E-state index contributed by atoms with van der Waals surface area (Å²) in [7, 11) is 0. The molecule has 2 aliphatic rings. The molecule has 1 atom stereocenters. The van der Waals surface area contributed by atoms with E-state index in [1.165, 1.54) is 12.1 Å². The van der Waals surface area contributed by atoms with Gasteiger partial charge in [-0.3, -0.25) is 4.79 Å². The number of hydrogen-bond donors (Lipinski definition) is 1. The second-order valence-electron chi connectivity index (χ2n) is 7.24. The van der Waals surface area contributed by atoms with Crippen LogP contribution in [0.3, 0.4) is 0 Å². The van der Waals surface area contributed by atoms with Crippen molar-refractivity contribution in [2.75, 3.05) is 18.4 Å². The molecule has 1 unspecified atom stereocenters. The standard InChI is InChI=1S/C20H15ClF3N3O2/c21-16-4-3-14(29-20(22,23)24)8-15(16)12-1-2-13-9-19(5-6-27(10-19)11-25)18(28)26-17(13)7-12/h1-4,7-8H,5-6,9-10H2,(H,26,28). The van der Waals surface area contributed by atoms with Crippen LogP contribution in [0.4, 0.5) is 18.9 Å². The van der Waals surface area contributed by atoms with Crippen LogP contribution in [0.1, 0.15) is 12.0 Å². The maximum absolute atomic E-state index is 12.7. The number of nitrogens with zero attached hydrogens (tertiary/aromatic N) is 2.